The van der Waals surface area contributed by atoms with Crippen LogP contribution in [0.15, 0.2) is 30.5 Å². The van der Waals surface area contributed by atoms with E-state index in [9.17, 15) is 4.39 Å². The van der Waals surface area contributed by atoms with Crippen molar-refractivity contribution in [2.75, 3.05) is 0 Å². The van der Waals surface area contributed by atoms with Crippen LogP contribution in [-0.4, -0.2) is 28.1 Å². The molecule has 0 saturated carbocycles. The lowest BCUT2D eigenvalue weighted by Crippen LogP contribution is -2.41. The summed E-state index contributed by atoms with van der Waals surface area (Å²) in [6.07, 6.45) is 1.92. The lowest BCUT2D eigenvalue weighted by atomic mass is 9.79. The van der Waals surface area contributed by atoms with Crippen LogP contribution in [0.1, 0.15) is 39.0 Å². The second-order valence-corrected chi connectivity index (χ2v) is 7.09. The molecule has 1 fully saturated rings. The second-order valence-electron chi connectivity index (χ2n) is 7.09. The molecule has 0 radical (unpaired) electrons. The van der Waals surface area contributed by atoms with Crippen molar-refractivity contribution in [2.45, 2.75) is 52.4 Å². The van der Waals surface area contributed by atoms with Crippen LogP contribution in [0, 0.1) is 12.7 Å². The topological polar surface area (TPSA) is 36.3 Å². The maximum Gasteiger partial charge on any atom is 0.498 e. The van der Waals surface area contributed by atoms with E-state index in [2.05, 4.69) is 5.10 Å². The first kappa shape index (κ1) is 16.2. The highest BCUT2D eigenvalue weighted by molar-refractivity contribution is 6.62. The minimum absolute atomic E-state index is 0.238. The number of rotatable bonds is 3. The zero-order valence-corrected chi connectivity index (χ0v) is 14.3. The van der Waals surface area contributed by atoms with Crippen LogP contribution in [0.5, 0.6) is 0 Å². The summed E-state index contributed by atoms with van der Waals surface area (Å²) in [6, 6.07) is 6.55. The Kier molecular flexibility index (Phi) is 3.85. The number of halogens is 1. The van der Waals surface area contributed by atoms with E-state index in [1.807, 2.05) is 46.9 Å². The Morgan fingerprint density at radius 3 is 2.43 bits per heavy atom. The number of benzene rings is 1. The highest BCUT2D eigenvalue weighted by atomic mass is 19.1. The lowest BCUT2D eigenvalue weighted by Gasteiger charge is -2.32. The van der Waals surface area contributed by atoms with Crippen molar-refractivity contribution in [1.29, 1.82) is 0 Å². The van der Waals surface area contributed by atoms with Crippen molar-refractivity contribution >= 4 is 12.6 Å². The van der Waals surface area contributed by atoms with Gasteiger partial charge in [-0.05, 0) is 52.3 Å². The Morgan fingerprint density at radius 1 is 1.17 bits per heavy atom. The van der Waals surface area contributed by atoms with E-state index < -0.39 is 7.12 Å². The molecule has 0 N–H and O–H groups in total. The quantitative estimate of drug-likeness (QED) is 0.817. The van der Waals surface area contributed by atoms with E-state index in [0.29, 0.717) is 6.54 Å². The Morgan fingerprint density at radius 2 is 1.83 bits per heavy atom. The summed E-state index contributed by atoms with van der Waals surface area (Å²) in [6.45, 7) is 10.6. The molecule has 1 aliphatic heterocycles. The van der Waals surface area contributed by atoms with E-state index in [1.54, 1.807) is 10.7 Å². The third kappa shape index (κ3) is 3.05. The van der Waals surface area contributed by atoms with Gasteiger partial charge in [0.1, 0.15) is 5.82 Å². The van der Waals surface area contributed by atoms with Crippen molar-refractivity contribution in [3.05, 3.63) is 47.5 Å². The van der Waals surface area contributed by atoms with Gasteiger partial charge in [-0.3, -0.25) is 4.68 Å². The number of hydrogen-bond acceptors (Lipinski definition) is 3. The molecule has 1 aromatic carbocycles. The summed E-state index contributed by atoms with van der Waals surface area (Å²) in [5.41, 5.74) is 1.89. The van der Waals surface area contributed by atoms with Crippen LogP contribution in [0.25, 0.3) is 0 Å². The van der Waals surface area contributed by atoms with Gasteiger partial charge in [0, 0.05) is 11.7 Å². The predicted molar refractivity (Wildman–Crippen MR) is 88.2 cm³/mol. The molecule has 0 bridgehead atoms. The average Bonchev–Trinajstić information content (AvgIpc) is 2.87. The van der Waals surface area contributed by atoms with Gasteiger partial charge in [-0.1, -0.05) is 12.1 Å². The molecule has 2 heterocycles. The summed E-state index contributed by atoms with van der Waals surface area (Å²) >= 11 is 0. The van der Waals surface area contributed by atoms with Crippen LogP contribution in [-0.2, 0) is 15.9 Å². The van der Waals surface area contributed by atoms with Crippen molar-refractivity contribution < 1.29 is 13.7 Å². The van der Waals surface area contributed by atoms with Gasteiger partial charge in [0.15, 0.2) is 0 Å². The van der Waals surface area contributed by atoms with E-state index in [-0.39, 0.29) is 17.0 Å². The van der Waals surface area contributed by atoms with Crippen molar-refractivity contribution in [3.8, 4) is 0 Å². The van der Waals surface area contributed by atoms with Gasteiger partial charge in [-0.15, -0.1) is 0 Å². The molecule has 0 amide bonds. The first-order chi connectivity index (χ1) is 10.7. The minimum atomic E-state index is -0.429. The molecule has 0 atom stereocenters. The number of nitrogens with zero attached hydrogens (tertiary/aromatic N) is 2. The first-order valence-corrected chi connectivity index (χ1v) is 7.82. The first-order valence-electron chi connectivity index (χ1n) is 7.82. The monoisotopic (exact) mass is 316 g/mol. The maximum absolute atomic E-state index is 13.3. The maximum atomic E-state index is 13.3. The molecule has 1 aliphatic rings. The van der Waals surface area contributed by atoms with Gasteiger partial charge >= 0.3 is 7.12 Å². The molecule has 6 heteroatoms. The molecule has 4 nitrogen and oxygen atoms in total. The fraction of sp³-hybridized carbons (Fsp3) is 0.471. The van der Waals surface area contributed by atoms with Gasteiger partial charge in [-0.25, -0.2) is 4.39 Å². The fourth-order valence-corrected chi connectivity index (χ4v) is 2.64. The van der Waals surface area contributed by atoms with Crippen molar-refractivity contribution in [1.82, 2.24) is 9.78 Å². The van der Waals surface area contributed by atoms with Gasteiger partial charge < -0.3 is 9.31 Å². The largest absolute Gasteiger partial charge is 0.498 e. The van der Waals surface area contributed by atoms with Gasteiger partial charge in [0.25, 0.3) is 0 Å². The number of hydrogen-bond donors (Lipinski definition) is 0. The number of aromatic nitrogens is 2. The molecule has 0 unspecified atom stereocenters. The molecule has 1 saturated heterocycles. The lowest BCUT2D eigenvalue weighted by molar-refractivity contribution is 0.00578. The Labute approximate surface area is 136 Å². The fourth-order valence-electron chi connectivity index (χ4n) is 2.64. The second kappa shape index (κ2) is 5.46. The normalized spacial score (nSPS) is 19.3. The van der Waals surface area contributed by atoms with Crippen molar-refractivity contribution in [2.24, 2.45) is 0 Å². The minimum Gasteiger partial charge on any atom is -0.399 e. The molecule has 0 aliphatic carbocycles. The van der Waals surface area contributed by atoms with Gasteiger partial charge in [-0.2, -0.15) is 5.10 Å². The summed E-state index contributed by atoms with van der Waals surface area (Å²) < 4.78 is 27.3. The summed E-state index contributed by atoms with van der Waals surface area (Å²) in [5.74, 6) is -0.238. The van der Waals surface area contributed by atoms with E-state index in [0.717, 1.165) is 16.7 Å². The summed E-state index contributed by atoms with van der Waals surface area (Å²) in [5, 5.41) is 4.51. The van der Waals surface area contributed by atoms with Crippen LogP contribution in [0.3, 0.4) is 0 Å². The van der Waals surface area contributed by atoms with Crippen molar-refractivity contribution in [3.63, 3.8) is 0 Å². The molecular weight excluding hydrogens is 294 g/mol. The molecule has 122 valence electrons. The van der Waals surface area contributed by atoms with Crippen LogP contribution in [0.2, 0.25) is 0 Å². The third-order valence-corrected chi connectivity index (χ3v) is 4.73. The van der Waals surface area contributed by atoms with E-state index in [1.165, 1.54) is 12.1 Å². The summed E-state index contributed by atoms with van der Waals surface area (Å²) in [4.78, 5) is 0. The smallest absolute Gasteiger partial charge is 0.399 e. The number of aryl methyl sites for hydroxylation is 1. The standard InChI is InChI=1S/C17H22BFN2O2/c1-12-15(18-22-16(2,3)17(4,5)23-18)11-21(20-12)10-13-7-6-8-14(19)9-13/h6-9,11H,10H2,1-5H3. The molecule has 2 aromatic rings. The van der Waals surface area contributed by atoms with Gasteiger partial charge in [0.05, 0.1) is 23.4 Å². The zero-order chi connectivity index (χ0) is 16.8. The molecular formula is C17H22BFN2O2. The molecule has 3 rings (SSSR count). The van der Waals surface area contributed by atoms with Crippen LogP contribution in [0.4, 0.5) is 4.39 Å². The Balaban J connectivity index is 1.82. The zero-order valence-electron chi connectivity index (χ0n) is 14.3. The van der Waals surface area contributed by atoms with Gasteiger partial charge in [0.2, 0.25) is 0 Å². The average molecular weight is 316 g/mol. The summed E-state index contributed by atoms with van der Waals surface area (Å²) in [7, 11) is -0.429. The highest BCUT2D eigenvalue weighted by Gasteiger charge is 2.52. The highest BCUT2D eigenvalue weighted by Crippen LogP contribution is 2.36. The van der Waals surface area contributed by atoms with E-state index in [4.69, 9.17) is 9.31 Å². The Hall–Kier alpha value is -1.66. The SMILES string of the molecule is Cc1nn(Cc2cccc(F)c2)cc1B1OC(C)(C)C(C)(C)O1. The molecule has 23 heavy (non-hydrogen) atoms. The Bertz CT molecular complexity index is 711. The molecule has 1 aromatic heterocycles. The van der Waals surface area contributed by atoms with E-state index >= 15 is 0 Å². The third-order valence-electron chi connectivity index (χ3n) is 4.73. The van der Waals surface area contributed by atoms with Crippen LogP contribution >= 0.6 is 0 Å². The van der Waals surface area contributed by atoms with Crippen LogP contribution < -0.4 is 5.46 Å². The predicted octanol–water partition coefficient (Wildman–Crippen LogP) is 2.68. The molecule has 0 spiro atoms.